The number of H-pyrrole nitrogens is 1. The molecule has 0 saturated carbocycles. The Balaban J connectivity index is 1.59. The van der Waals surface area contributed by atoms with Crippen LogP contribution in [0.15, 0.2) is 29.1 Å². The lowest BCUT2D eigenvalue weighted by atomic mass is 9.77. The third kappa shape index (κ3) is 3.23. The molecule has 28 heavy (non-hydrogen) atoms. The zero-order valence-electron chi connectivity index (χ0n) is 16.1. The van der Waals surface area contributed by atoms with Crippen molar-refractivity contribution in [1.29, 1.82) is 0 Å². The second-order valence-electron chi connectivity index (χ2n) is 7.85. The highest BCUT2D eigenvalue weighted by Gasteiger charge is 2.45. The van der Waals surface area contributed by atoms with Crippen LogP contribution in [0.25, 0.3) is 0 Å². The van der Waals surface area contributed by atoms with Crippen molar-refractivity contribution in [3.8, 4) is 0 Å². The fraction of sp³-hybridized carbons (Fsp3) is 0.450. The van der Waals surface area contributed by atoms with Crippen LogP contribution in [0.5, 0.6) is 0 Å². The number of urea groups is 1. The number of carbonyl (C=O) groups is 1. The van der Waals surface area contributed by atoms with Gasteiger partial charge >= 0.3 is 6.03 Å². The van der Waals surface area contributed by atoms with Gasteiger partial charge in [0, 0.05) is 43.9 Å². The van der Waals surface area contributed by atoms with Crippen molar-refractivity contribution in [2.45, 2.75) is 31.1 Å². The van der Waals surface area contributed by atoms with E-state index in [9.17, 15) is 14.0 Å². The van der Waals surface area contributed by atoms with E-state index in [1.54, 1.807) is 21.9 Å². The average molecular weight is 385 g/mol. The van der Waals surface area contributed by atoms with Crippen LogP contribution in [0.1, 0.15) is 30.5 Å². The number of nitrogens with zero attached hydrogens (tertiary/aromatic N) is 3. The fourth-order valence-corrected chi connectivity index (χ4v) is 4.29. The third-order valence-electron chi connectivity index (χ3n) is 5.74. The number of anilines is 2. The van der Waals surface area contributed by atoms with Gasteiger partial charge in [0.2, 0.25) is 5.95 Å². The average Bonchev–Trinajstić information content (AvgIpc) is 3.02. The highest BCUT2D eigenvalue weighted by atomic mass is 19.1. The second-order valence-corrected chi connectivity index (χ2v) is 7.85. The number of benzene rings is 1. The Kier molecular flexibility index (Phi) is 4.56. The first kappa shape index (κ1) is 18.5. The molecule has 2 heterocycles. The Morgan fingerprint density at radius 3 is 2.75 bits per heavy atom. The third-order valence-corrected chi connectivity index (χ3v) is 5.74. The monoisotopic (exact) mass is 385 g/mol. The molecule has 148 valence electrons. The molecular formula is C20H24FN5O2. The lowest BCUT2D eigenvalue weighted by molar-refractivity contribution is 0.157. The molecule has 2 amide bonds. The number of nitrogens with one attached hydrogen (secondary N) is 2. The van der Waals surface area contributed by atoms with Crippen LogP contribution in [-0.4, -0.2) is 48.1 Å². The van der Waals surface area contributed by atoms with Crippen LogP contribution in [0.4, 0.5) is 20.8 Å². The van der Waals surface area contributed by atoms with Crippen molar-refractivity contribution >= 4 is 17.7 Å². The number of halogens is 1. The number of aromatic nitrogens is 2. The van der Waals surface area contributed by atoms with Gasteiger partial charge in [0.25, 0.3) is 5.56 Å². The van der Waals surface area contributed by atoms with Gasteiger partial charge in [0.1, 0.15) is 5.82 Å². The molecule has 7 nitrogen and oxygen atoms in total. The van der Waals surface area contributed by atoms with Crippen LogP contribution in [-0.2, 0) is 11.8 Å². The van der Waals surface area contributed by atoms with Crippen molar-refractivity contribution in [1.82, 2.24) is 14.9 Å². The van der Waals surface area contributed by atoms with Gasteiger partial charge in [-0.3, -0.25) is 9.78 Å². The normalized spacial score (nSPS) is 20.9. The van der Waals surface area contributed by atoms with Gasteiger partial charge in [-0.1, -0.05) is 0 Å². The van der Waals surface area contributed by atoms with E-state index >= 15 is 0 Å². The first-order valence-corrected chi connectivity index (χ1v) is 9.50. The first-order valence-electron chi connectivity index (χ1n) is 9.50. The molecule has 1 spiro atoms. The molecular weight excluding hydrogens is 361 g/mol. The molecule has 2 aliphatic rings. The topological polar surface area (TPSA) is 81.3 Å². The zero-order valence-corrected chi connectivity index (χ0v) is 16.1. The number of aromatic amines is 1. The van der Waals surface area contributed by atoms with Gasteiger partial charge in [-0.05, 0) is 49.9 Å². The summed E-state index contributed by atoms with van der Waals surface area (Å²) in [5.74, 6) is 0.198. The molecule has 1 aromatic heterocycles. The summed E-state index contributed by atoms with van der Waals surface area (Å²) in [5, 5.41) is 2.83. The number of piperidine rings is 1. The number of hydrogen-bond donors (Lipinski definition) is 2. The van der Waals surface area contributed by atoms with Gasteiger partial charge in [-0.15, -0.1) is 0 Å². The first-order chi connectivity index (χ1) is 13.4. The van der Waals surface area contributed by atoms with E-state index in [1.807, 2.05) is 14.1 Å². The second kappa shape index (κ2) is 6.92. The number of fused-ring (bicyclic) bond motifs is 2. The minimum absolute atomic E-state index is 0.0848. The van der Waals surface area contributed by atoms with Crippen molar-refractivity contribution in [3.63, 3.8) is 0 Å². The highest BCUT2D eigenvalue weighted by molar-refractivity contribution is 5.89. The smallest absolute Gasteiger partial charge is 0.321 e. The standard InChI is InChI=1S/C20H24FN5O2/c1-25(2)18-23-16-15(17(27)24-18)8-10-20(16)9-3-11-26(12-20)19(28)22-14-6-4-13(21)5-7-14/h4-7H,3,8-12H2,1-2H3,(H,22,28)(H,23,24,27). The molecule has 2 N–H and O–H groups in total. The van der Waals surface area contributed by atoms with Gasteiger partial charge < -0.3 is 15.1 Å². The van der Waals surface area contributed by atoms with Crippen LogP contribution in [0, 0.1) is 5.82 Å². The Labute approximate surface area is 162 Å². The maximum absolute atomic E-state index is 13.1. The molecule has 0 radical (unpaired) electrons. The SMILES string of the molecule is CN(C)c1nc2c(c(=O)[nH]1)CCC21CCCN(C(=O)Nc2ccc(F)cc2)C1. The molecule has 4 rings (SSSR count). The van der Waals surface area contributed by atoms with Gasteiger partial charge in [-0.25, -0.2) is 14.2 Å². The summed E-state index contributed by atoms with van der Waals surface area (Å²) in [4.78, 5) is 36.4. The molecule has 0 bridgehead atoms. The summed E-state index contributed by atoms with van der Waals surface area (Å²) in [6.45, 7) is 1.17. The Bertz CT molecular complexity index is 956. The summed E-state index contributed by atoms with van der Waals surface area (Å²) in [5.41, 5.74) is 1.76. The lowest BCUT2D eigenvalue weighted by Crippen LogP contribution is -2.49. The summed E-state index contributed by atoms with van der Waals surface area (Å²) < 4.78 is 13.1. The van der Waals surface area contributed by atoms with Crippen LogP contribution < -0.4 is 15.8 Å². The van der Waals surface area contributed by atoms with Crippen LogP contribution >= 0.6 is 0 Å². The van der Waals surface area contributed by atoms with E-state index in [2.05, 4.69) is 10.3 Å². The van der Waals surface area contributed by atoms with E-state index in [4.69, 9.17) is 4.98 Å². The Hall–Kier alpha value is -2.90. The number of hydrogen-bond acceptors (Lipinski definition) is 4. The molecule has 1 aliphatic heterocycles. The van der Waals surface area contributed by atoms with E-state index in [1.165, 1.54) is 12.1 Å². The minimum atomic E-state index is -0.342. The van der Waals surface area contributed by atoms with Crippen molar-refractivity contribution in [2.24, 2.45) is 0 Å². The predicted octanol–water partition coefficient (Wildman–Crippen LogP) is 2.49. The Morgan fingerprint density at radius 1 is 1.29 bits per heavy atom. The molecule has 2 aromatic rings. The molecule has 1 aromatic carbocycles. The van der Waals surface area contributed by atoms with Crippen molar-refractivity contribution < 1.29 is 9.18 Å². The summed E-state index contributed by atoms with van der Waals surface area (Å²) in [6.07, 6.45) is 3.25. The zero-order chi connectivity index (χ0) is 19.9. The molecule has 1 fully saturated rings. The van der Waals surface area contributed by atoms with Crippen molar-refractivity contribution in [3.05, 3.63) is 51.7 Å². The lowest BCUT2D eigenvalue weighted by Gasteiger charge is -2.40. The largest absolute Gasteiger partial charge is 0.348 e. The fourth-order valence-electron chi connectivity index (χ4n) is 4.29. The minimum Gasteiger partial charge on any atom is -0.348 e. The van der Waals surface area contributed by atoms with Crippen LogP contribution in [0.2, 0.25) is 0 Å². The number of rotatable bonds is 2. The van der Waals surface area contributed by atoms with E-state index in [0.717, 1.165) is 30.5 Å². The van der Waals surface area contributed by atoms with Gasteiger partial charge in [0.05, 0.1) is 5.69 Å². The molecule has 1 aliphatic carbocycles. The maximum Gasteiger partial charge on any atom is 0.321 e. The molecule has 1 atom stereocenters. The van der Waals surface area contributed by atoms with Crippen LogP contribution in [0.3, 0.4) is 0 Å². The number of carbonyl (C=O) groups excluding carboxylic acids is 1. The number of likely N-dealkylation sites (tertiary alicyclic amines) is 1. The van der Waals surface area contributed by atoms with E-state index in [-0.39, 0.29) is 22.8 Å². The number of amides is 2. The van der Waals surface area contributed by atoms with Gasteiger partial charge in [0.15, 0.2) is 0 Å². The van der Waals surface area contributed by atoms with Gasteiger partial charge in [-0.2, -0.15) is 0 Å². The summed E-state index contributed by atoms with van der Waals surface area (Å²) in [7, 11) is 3.69. The maximum atomic E-state index is 13.1. The summed E-state index contributed by atoms with van der Waals surface area (Å²) in [6, 6.07) is 5.51. The van der Waals surface area contributed by atoms with E-state index in [0.29, 0.717) is 31.1 Å². The molecule has 8 heteroatoms. The van der Waals surface area contributed by atoms with E-state index < -0.39 is 0 Å². The molecule has 1 unspecified atom stereocenters. The predicted molar refractivity (Wildman–Crippen MR) is 105 cm³/mol. The van der Waals surface area contributed by atoms with Crippen molar-refractivity contribution in [2.75, 3.05) is 37.4 Å². The highest BCUT2D eigenvalue weighted by Crippen LogP contribution is 2.43. The summed E-state index contributed by atoms with van der Waals surface area (Å²) >= 11 is 0. The molecule has 1 saturated heterocycles. The quantitative estimate of drug-likeness (QED) is 0.832. The Morgan fingerprint density at radius 2 is 2.04 bits per heavy atom.